The number of benzene rings is 1. The van der Waals surface area contributed by atoms with Crippen LogP contribution in [-0.4, -0.2) is 19.7 Å². The maximum atomic E-state index is 6.19. The van der Waals surface area contributed by atoms with Gasteiger partial charge in [-0.1, -0.05) is 36.7 Å². The Hall–Kier alpha value is -2.40. The Morgan fingerprint density at radius 2 is 2.04 bits per heavy atom. The Kier molecular flexibility index (Phi) is 4.81. The van der Waals surface area contributed by atoms with Gasteiger partial charge in [0.15, 0.2) is 0 Å². The van der Waals surface area contributed by atoms with E-state index in [-0.39, 0.29) is 0 Å². The van der Waals surface area contributed by atoms with Crippen molar-refractivity contribution in [2.24, 2.45) is 7.05 Å². The zero-order chi connectivity index (χ0) is 17.1. The molecular weight excluding hydrogens is 322 g/mol. The van der Waals surface area contributed by atoms with Crippen LogP contribution in [0.4, 0.5) is 5.82 Å². The van der Waals surface area contributed by atoms with Crippen LogP contribution in [0.15, 0.2) is 36.7 Å². The quantitative estimate of drug-likeness (QED) is 0.712. The van der Waals surface area contributed by atoms with Gasteiger partial charge in [0, 0.05) is 37.3 Å². The minimum Gasteiger partial charge on any atom is -0.366 e. The second kappa shape index (κ2) is 7.01. The average Bonchev–Trinajstić information content (AvgIpc) is 3.03. The summed E-state index contributed by atoms with van der Waals surface area (Å²) < 4.78 is 1.80. The molecule has 0 saturated carbocycles. The molecule has 0 unspecified atom stereocenters. The number of nitrogens with zero attached hydrogens (tertiary/aromatic N) is 4. The molecular formula is C18H20ClN5. The van der Waals surface area contributed by atoms with Gasteiger partial charge in [0.05, 0.1) is 6.20 Å². The summed E-state index contributed by atoms with van der Waals surface area (Å²) in [7, 11) is 1.92. The number of rotatable bonds is 5. The van der Waals surface area contributed by atoms with Gasteiger partial charge in [-0.2, -0.15) is 5.10 Å². The van der Waals surface area contributed by atoms with Crippen LogP contribution in [-0.2, 0) is 20.0 Å². The predicted octanol–water partition coefficient (Wildman–Crippen LogP) is 4.01. The lowest BCUT2D eigenvalue weighted by atomic mass is 10.1. The lowest BCUT2D eigenvalue weighted by Gasteiger charge is -2.11. The SMILES string of the molecule is CCc1nc(Cl)c(C)c(NCc2cccc(-c3cnn(C)c3)c2)n1. The Morgan fingerprint density at radius 3 is 2.75 bits per heavy atom. The Morgan fingerprint density at radius 1 is 1.21 bits per heavy atom. The van der Waals surface area contributed by atoms with Crippen LogP contribution in [0, 0.1) is 6.92 Å². The highest BCUT2D eigenvalue weighted by molar-refractivity contribution is 6.30. The maximum absolute atomic E-state index is 6.19. The molecule has 0 aliphatic carbocycles. The van der Waals surface area contributed by atoms with Gasteiger partial charge in [0.1, 0.15) is 16.8 Å². The van der Waals surface area contributed by atoms with Gasteiger partial charge in [-0.25, -0.2) is 9.97 Å². The summed E-state index contributed by atoms with van der Waals surface area (Å²) in [4.78, 5) is 8.80. The topological polar surface area (TPSA) is 55.6 Å². The predicted molar refractivity (Wildman–Crippen MR) is 97.1 cm³/mol. The van der Waals surface area contributed by atoms with Gasteiger partial charge >= 0.3 is 0 Å². The first-order valence-corrected chi connectivity index (χ1v) is 8.29. The maximum Gasteiger partial charge on any atom is 0.137 e. The first kappa shape index (κ1) is 16.5. The zero-order valence-corrected chi connectivity index (χ0v) is 14.8. The molecule has 124 valence electrons. The fourth-order valence-electron chi connectivity index (χ4n) is 2.48. The molecule has 2 aromatic heterocycles. The third kappa shape index (κ3) is 3.57. The van der Waals surface area contributed by atoms with E-state index in [0.717, 1.165) is 34.8 Å². The highest BCUT2D eigenvalue weighted by Gasteiger charge is 2.09. The third-order valence-electron chi connectivity index (χ3n) is 3.87. The summed E-state index contributed by atoms with van der Waals surface area (Å²) in [6.07, 6.45) is 4.63. The van der Waals surface area contributed by atoms with Crippen LogP contribution < -0.4 is 5.32 Å². The number of halogens is 1. The molecule has 0 amide bonds. The highest BCUT2D eigenvalue weighted by atomic mass is 35.5. The molecule has 1 N–H and O–H groups in total. The molecule has 2 heterocycles. The molecule has 0 spiro atoms. The summed E-state index contributed by atoms with van der Waals surface area (Å²) in [5.74, 6) is 1.54. The molecule has 24 heavy (non-hydrogen) atoms. The summed E-state index contributed by atoms with van der Waals surface area (Å²) in [6.45, 7) is 4.61. The third-order valence-corrected chi connectivity index (χ3v) is 4.24. The smallest absolute Gasteiger partial charge is 0.137 e. The zero-order valence-electron chi connectivity index (χ0n) is 14.0. The van der Waals surface area contributed by atoms with E-state index in [1.54, 1.807) is 4.68 Å². The van der Waals surface area contributed by atoms with E-state index in [9.17, 15) is 0 Å². The minimum atomic E-state index is 0.508. The number of anilines is 1. The molecule has 5 nitrogen and oxygen atoms in total. The number of aromatic nitrogens is 4. The summed E-state index contributed by atoms with van der Waals surface area (Å²) in [5, 5.41) is 8.11. The molecule has 3 rings (SSSR count). The molecule has 0 aliphatic rings. The molecule has 0 aliphatic heterocycles. The second-order valence-electron chi connectivity index (χ2n) is 5.71. The van der Waals surface area contributed by atoms with Crippen LogP contribution in [0.25, 0.3) is 11.1 Å². The van der Waals surface area contributed by atoms with Crippen LogP contribution in [0.3, 0.4) is 0 Å². The molecule has 0 radical (unpaired) electrons. The highest BCUT2D eigenvalue weighted by Crippen LogP contribution is 2.22. The molecule has 1 aromatic carbocycles. The van der Waals surface area contributed by atoms with E-state index in [2.05, 4.69) is 44.6 Å². The van der Waals surface area contributed by atoms with Crippen LogP contribution in [0.1, 0.15) is 23.9 Å². The Balaban J connectivity index is 1.79. The molecule has 0 saturated heterocycles. The van der Waals surface area contributed by atoms with E-state index >= 15 is 0 Å². The standard InChI is InChI=1S/C18H20ClN5/c1-4-16-22-17(19)12(2)18(23-16)20-9-13-6-5-7-14(8-13)15-10-21-24(3)11-15/h5-8,10-11H,4,9H2,1-3H3,(H,20,22,23). The van der Waals surface area contributed by atoms with Gasteiger partial charge < -0.3 is 5.32 Å². The Bertz CT molecular complexity index is 856. The van der Waals surface area contributed by atoms with Gasteiger partial charge in [-0.05, 0) is 24.1 Å². The van der Waals surface area contributed by atoms with Crippen LogP contribution in [0.5, 0.6) is 0 Å². The van der Waals surface area contributed by atoms with Crippen molar-refractivity contribution in [2.45, 2.75) is 26.8 Å². The van der Waals surface area contributed by atoms with Gasteiger partial charge in [0.2, 0.25) is 0 Å². The van der Waals surface area contributed by atoms with Crippen molar-refractivity contribution in [3.63, 3.8) is 0 Å². The molecule has 0 fully saturated rings. The van der Waals surface area contributed by atoms with Crippen LogP contribution >= 0.6 is 11.6 Å². The molecule has 6 heteroatoms. The van der Waals surface area contributed by atoms with E-state index < -0.39 is 0 Å². The fourth-order valence-corrected chi connectivity index (χ4v) is 2.67. The normalized spacial score (nSPS) is 10.8. The van der Waals surface area contributed by atoms with Crippen molar-refractivity contribution < 1.29 is 0 Å². The van der Waals surface area contributed by atoms with E-state index in [1.165, 1.54) is 5.56 Å². The van der Waals surface area contributed by atoms with E-state index in [0.29, 0.717) is 11.7 Å². The van der Waals surface area contributed by atoms with Crippen molar-refractivity contribution in [2.75, 3.05) is 5.32 Å². The summed E-state index contributed by atoms with van der Waals surface area (Å²) in [5.41, 5.74) is 4.30. The van der Waals surface area contributed by atoms with Crippen molar-refractivity contribution in [3.05, 3.63) is 58.8 Å². The van der Waals surface area contributed by atoms with Crippen molar-refractivity contribution in [1.29, 1.82) is 0 Å². The number of hydrogen-bond donors (Lipinski definition) is 1. The van der Waals surface area contributed by atoms with Crippen molar-refractivity contribution >= 4 is 17.4 Å². The number of nitrogens with one attached hydrogen (secondary N) is 1. The largest absolute Gasteiger partial charge is 0.366 e. The van der Waals surface area contributed by atoms with E-state index in [4.69, 9.17) is 11.6 Å². The fraction of sp³-hybridized carbons (Fsp3) is 0.278. The molecule has 3 aromatic rings. The van der Waals surface area contributed by atoms with E-state index in [1.807, 2.05) is 33.3 Å². The summed E-state index contributed by atoms with van der Waals surface area (Å²) in [6, 6.07) is 8.38. The van der Waals surface area contributed by atoms with Crippen molar-refractivity contribution in [3.8, 4) is 11.1 Å². The average molecular weight is 342 g/mol. The first-order chi connectivity index (χ1) is 11.6. The minimum absolute atomic E-state index is 0.508. The monoisotopic (exact) mass is 341 g/mol. The van der Waals surface area contributed by atoms with Crippen molar-refractivity contribution in [1.82, 2.24) is 19.7 Å². The van der Waals surface area contributed by atoms with Gasteiger partial charge in [-0.15, -0.1) is 0 Å². The number of aryl methyl sites for hydroxylation is 2. The van der Waals surface area contributed by atoms with Crippen LogP contribution in [0.2, 0.25) is 5.15 Å². The van der Waals surface area contributed by atoms with Gasteiger partial charge in [-0.3, -0.25) is 4.68 Å². The first-order valence-electron chi connectivity index (χ1n) is 7.91. The summed E-state index contributed by atoms with van der Waals surface area (Å²) >= 11 is 6.19. The lowest BCUT2D eigenvalue weighted by Crippen LogP contribution is -2.07. The second-order valence-corrected chi connectivity index (χ2v) is 6.07. The number of hydrogen-bond acceptors (Lipinski definition) is 4. The van der Waals surface area contributed by atoms with Gasteiger partial charge in [0.25, 0.3) is 0 Å². The Labute approximate surface area is 146 Å². The molecule has 0 atom stereocenters. The molecule has 0 bridgehead atoms. The lowest BCUT2D eigenvalue weighted by molar-refractivity contribution is 0.768.